The Labute approximate surface area is 136 Å². The molecule has 2 rings (SSSR count). The van der Waals surface area contributed by atoms with Gasteiger partial charge in [-0.15, -0.1) is 11.6 Å². The lowest BCUT2D eigenvalue weighted by molar-refractivity contribution is -0.157. The summed E-state index contributed by atoms with van der Waals surface area (Å²) in [7, 11) is 0. The molecule has 4 nitrogen and oxygen atoms in total. The van der Waals surface area contributed by atoms with E-state index in [1.54, 1.807) is 6.92 Å². The molecule has 0 amide bonds. The molecule has 1 N–H and O–H groups in total. The molecule has 3 atom stereocenters. The fourth-order valence-corrected chi connectivity index (χ4v) is 2.81. The summed E-state index contributed by atoms with van der Waals surface area (Å²) in [5, 5.41) is 10.5. The van der Waals surface area contributed by atoms with Gasteiger partial charge in [-0.2, -0.15) is 0 Å². The third-order valence-corrected chi connectivity index (χ3v) is 4.36. The minimum atomic E-state index is -0.639. The first kappa shape index (κ1) is 17.1. The molecule has 1 aromatic carbocycles. The van der Waals surface area contributed by atoms with Crippen molar-refractivity contribution in [3.05, 3.63) is 29.8 Å². The number of carbonyl (C=O) groups is 1. The first-order valence-corrected chi connectivity index (χ1v) is 8.34. The predicted molar refractivity (Wildman–Crippen MR) is 85.1 cm³/mol. The monoisotopic (exact) mass is 326 g/mol. The van der Waals surface area contributed by atoms with E-state index >= 15 is 0 Å². The fourth-order valence-electron chi connectivity index (χ4n) is 2.70. The lowest BCUT2D eigenvalue weighted by Crippen LogP contribution is -2.38. The van der Waals surface area contributed by atoms with Crippen molar-refractivity contribution in [3.63, 3.8) is 0 Å². The zero-order chi connectivity index (χ0) is 15.9. The highest BCUT2D eigenvalue weighted by Crippen LogP contribution is 2.43. The van der Waals surface area contributed by atoms with Gasteiger partial charge in [0.25, 0.3) is 0 Å². The van der Waals surface area contributed by atoms with Crippen LogP contribution in [0.15, 0.2) is 24.3 Å². The maximum absolute atomic E-state index is 11.8. The maximum Gasteiger partial charge on any atom is 0.309 e. The van der Waals surface area contributed by atoms with E-state index in [9.17, 15) is 9.90 Å². The van der Waals surface area contributed by atoms with Crippen molar-refractivity contribution >= 4 is 17.6 Å². The van der Waals surface area contributed by atoms with Gasteiger partial charge in [-0.25, -0.2) is 0 Å². The summed E-state index contributed by atoms with van der Waals surface area (Å²) in [6, 6.07) is 7.37. The Hall–Kier alpha value is -1.26. The molecule has 0 aliphatic heterocycles. The molecule has 0 bridgehead atoms. The van der Waals surface area contributed by atoms with Crippen molar-refractivity contribution in [2.45, 2.75) is 32.3 Å². The van der Waals surface area contributed by atoms with Gasteiger partial charge >= 0.3 is 5.97 Å². The maximum atomic E-state index is 11.8. The molecule has 122 valence electrons. The van der Waals surface area contributed by atoms with Gasteiger partial charge in [0.05, 0.1) is 25.2 Å². The lowest BCUT2D eigenvalue weighted by Gasteiger charge is -2.38. The largest absolute Gasteiger partial charge is 0.494 e. The number of halogens is 1. The van der Waals surface area contributed by atoms with Gasteiger partial charge in [0, 0.05) is 11.8 Å². The fraction of sp³-hybridized carbons (Fsp3) is 0.588. The van der Waals surface area contributed by atoms with Crippen molar-refractivity contribution in [2.75, 3.05) is 19.1 Å². The van der Waals surface area contributed by atoms with Crippen LogP contribution in [-0.2, 0) is 9.53 Å². The molecule has 1 aromatic rings. The molecule has 1 fully saturated rings. The van der Waals surface area contributed by atoms with Crippen molar-refractivity contribution in [3.8, 4) is 5.75 Å². The van der Waals surface area contributed by atoms with E-state index in [0.717, 1.165) is 30.6 Å². The van der Waals surface area contributed by atoms with Crippen LogP contribution in [0.2, 0.25) is 0 Å². The number of aliphatic hydroxyl groups excluding tert-OH is 1. The number of carbonyl (C=O) groups excluding carboxylic acids is 1. The van der Waals surface area contributed by atoms with Gasteiger partial charge in [0.15, 0.2) is 0 Å². The minimum absolute atomic E-state index is 0.0536. The van der Waals surface area contributed by atoms with E-state index in [1.807, 2.05) is 24.3 Å². The van der Waals surface area contributed by atoms with Crippen molar-refractivity contribution in [2.24, 2.45) is 11.8 Å². The summed E-state index contributed by atoms with van der Waals surface area (Å²) in [6.45, 7) is 2.76. The van der Waals surface area contributed by atoms with E-state index in [4.69, 9.17) is 21.1 Å². The highest BCUT2D eigenvalue weighted by Gasteiger charge is 2.42. The van der Waals surface area contributed by atoms with Crippen molar-refractivity contribution in [1.29, 1.82) is 0 Å². The summed E-state index contributed by atoms with van der Waals surface area (Å²) in [4.78, 5) is 11.8. The second-order valence-corrected chi connectivity index (χ2v) is 5.88. The molecular weight excluding hydrogens is 304 g/mol. The van der Waals surface area contributed by atoms with Crippen LogP contribution in [0, 0.1) is 11.8 Å². The Balaban J connectivity index is 1.92. The molecule has 22 heavy (non-hydrogen) atoms. The van der Waals surface area contributed by atoms with E-state index in [1.165, 1.54) is 0 Å². The average Bonchev–Trinajstić information content (AvgIpc) is 2.47. The first-order chi connectivity index (χ1) is 10.7. The average molecular weight is 327 g/mol. The highest BCUT2D eigenvalue weighted by molar-refractivity contribution is 6.17. The highest BCUT2D eigenvalue weighted by atomic mass is 35.5. The summed E-state index contributed by atoms with van der Waals surface area (Å²) >= 11 is 5.60. The molecule has 0 heterocycles. The number of esters is 1. The van der Waals surface area contributed by atoms with E-state index in [2.05, 4.69) is 0 Å². The number of hydrogen-bond donors (Lipinski definition) is 1. The number of benzene rings is 1. The normalized spacial score (nSPS) is 21.8. The number of alkyl halides is 1. The first-order valence-electron chi connectivity index (χ1n) is 7.80. The second kappa shape index (κ2) is 8.39. The molecule has 1 aliphatic rings. The minimum Gasteiger partial charge on any atom is -0.494 e. The number of aliphatic hydroxyl groups is 1. The summed E-state index contributed by atoms with van der Waals surface area (Å²) < 4.78 is 10.6. The topological polar surface area (TPSA) is 55.8 Å². The number of hydrogen-bond acceptors (Lipinski definition) is 4. The van der Waals surface area contributed by atoms with E-state index in [0.29, 0.717) is 19.1 Å². The van der Waals surface area contributed by atoms with Crippen LogP contribution in [0.4, 0.5) is 0 Å². The Morgan fingerprint density at radius 3 is 2.64 bits per heavy atom. The molecule has 0 radical (unpaired) electrons. The zero-order valence-electron chi connectivity index (χ0n) is 12.8. The smallest absolute Gasteiger partial charge is 0.309 e. The van der Waals surface area contributed by atoms with Crippen LogP contribution >= 0.6 is 11.6 Å². The van der Waals surface area contributed by atoms with Crippen molar-refractivity contribution in [1.82, 2.24) is 0 Å². The SMILES string of the molecule is CCOC(=O)C1CCC1C(O)c1ccc(OCCCCl)cc1. The molecule has 1 aliphatic carbocycles. The Morgan fingerprint density at radius 1 is 1.36 bits per heavy atom. The van der Waals surface area contributed by atoms with Gasteiger partial charge in [-0.05, 0) is 43.9 Å². The van der Waals surface area contributed by atoms with Crippen LogP contribution < -0.4 is 4.74 Å². The summed E-state index contributed by atoms with van der Waals surface area (Å²) in [5.41, 5.74) is 0.809. The molecule has 0 aromatic heterocycles. The Morgan fingerprint density at radius 2 is 2.09 bits per heavy atom. The molecule has 0 saturated heterocycles. The van der Waals surface area contributed by atoms with E-state index in [-0.39, 0.29) is 17.8 Å². The van der Waals surface area contributed by atoms with Gasteiger partial charge < -0.3 is 14.6 Å². The summed E-state index contributed by atoms with van der Waals surface area (Å²) in [5.74, 6) is 0.903. The van der Waals surface area contributed by atoms with Gasteiger partial charge in [0.2, 0.25) is 0 Å². The van der Waals surface area contributed by atoms with Gasteiger partial charge in [-0.3, -0.25) is 4.79 Å². The quantitative estimate of drug-likeness (QED) is 0.452. The second-order valence-electron chi connectivity index (χ2n) is 5.50. The van der Waals surface area contributed by atoms with Crippen LogP contribution in [0.5, 0.6) is 5.75 Å². The predicted octanol–water partition coefficient (Wildman–Crippen LogP) is 3.32. The standard InChI is InChI=1S/C17H23ClO4/c1-2-21-17(20)15-9-8-14(15)16(19)12-4-6-13(7-5-12)22-11-3-10-18/h4-7,14-16,19H,2-3,8-11H2,1H3. The molecule has 1 saturated carbocycles. The Kier molecular flexibility index (Phi) is 6.52. The lowest BCUT2D eigenvalue weighted by atomic mass is 9.69. The molecule has 3 unspecified atom stereocenters. The third kappa shape index (κ3) is 4.14. The zero-order valence-corrected chi connectivity index (χ0v) is 13.6. The third-order valence-electron chi connectivity index (χ3n) is 4.09. The molecule has 5 heteroatoms. The number of ether oxygens (including phenoxy) is 2. The van der Waals surface area contributed by atoms with Crippen LogP contribution in [0.3, 0.4) is 0 Å². The molecule has 0 spiro atoms. The molecular formula is C17H23ClO4. The van der Waals surface area contributed by atoms with Crippen molar-refractivity contribution < 1.29 is 19.4 Å². The summed E-state index contributed by atoms with van der Waals surface area (Å²) in [6.07, 6.45) is 1.80. The Bertz CT molecular complexity index is 474. The van der Waals surface area contributed by atoms with Crippen LogP contribution in [-0.4, -0.2) is 30.2 Å². The van der Waals surface area contributed by atoms with Gasteiger partial charge in [0.1, 0.15) is 5.75 Å². The van der Waals surface area contributed by atoms with Crippen LogP contribution in [0.1, 0.15) is 37.9 Å². The van der Waals surface area contributed by atoms with Gasteiger partial charge in [-0.1, -0.05) is 12.1 Å². The number of rotatable bonds is 8. The van der Waals surface area contributed by atoms with Crippen LogP contribution in [0.25, 0.3) is 0 Å². The van der Waals surface area contributed by atoms with E-state index < -0.39 is 6.10 Å².